The highest BCUT2D eigenvalue weighted by Crippen LogP contribution is 2.34. The number of ether oxygens (including phenoxy) is 6. The number of rotatable bonds is 13. The summed E-state index contributed by atoms with van der Waals surface area (Å²) in [6, 6.07) is 5.41. The second-order valence-corrected chi connectivity index (χ2v) is 11.5. The average molecular weight is 696 g/mol. The number of para-hydroxylation sites is 1. The van der Waals surface area contributed by atoms with Gasteiger partial charge in [0.1, 0.15) is 61.0 Å². The number of aliphatic carboxylic acids is 1. The number of aliphatic hydroxyl groups is 9. The lowest BCUT2D eigenvalue weighted by Crippen LogP contribution is -2.66. The smallest absolute Gasteiger partial charge is 0.337 e. The summed E-state index contributed by atoms with van der Waals surface area (Å²) < 4.78 is 32.7. The van der Waals surface area contributed by atoms with E-state index in [1.54, 1.807) is 0 Å². The molecule has 16 atom stereocenters. The molecule has 272 valence electrons. The van der Waals surface area contributed by atoms with Crippen molar-refractivity contribution in [2.75, 3.05) is 32.2 Å². The third kappa shape index (κ3) is 8.04. The molecular weight excluding hydrogens is 654 g/mol. The van der Waals surface area contributed by atoms with Crippen LogP contribution in [0.15, 0.2) is 24.3 Å². The van der Waals surface area contributed by atoms with Gasteiger partial charge in [0, 0.05) is 13.0 Å². The Kier molecular flexibility index (Phi) is 13.0. The summed E-state index contributed by atoms with van der Waals surface area (Å²) in [5, 5.41) is 117. The summed E-state index contributed by atoms with van der Waals surface area (Å²) in [4.78, 5) is 23.5. The summed E-state index contributed by atoms with van der Waals surface area (Å²) in [7, 11) is 1.07. The number of carbonyl (C=O) groups is 2. The van der Waals surface area contributed by atoms with Crippen LogP contribution in [0.1, 0.15) is 10.4 Å². The number of anilines is 1. The molecule has 3 fully saturated rings. The second-order valence-electron chi connectivity index (χ2n) is 11.5. The van der Waals surface area contributed by atoms with E-state index in [-0.39, 0.29) is 11.3 Å². The van der Waals surface area contributed by atoms with Gasteiger partial charge in [-0.2, -0.15) is 0 Å². The van der Waals surface area contributed by atoms with Gasteiger partial charge in [0.2, 0.25) is 0 Å². The Balaban J connectivity index is 1.61. The lowest BCUT2D eigenvalue weighted by molar-refractivity contribution is -0.351. The Bertz CT molecular complexity index is 1220. The molecule has 12 N–H and O–H groups in total. The first kappa shape index (κ1) is 38.2. The molecule has 0 radical (unpaired) electrons. The molecule has 0 amide bonds. The molecule has 3 aliphatic heterocycles. The monoisotopic (exact) mass is 695 g/mol. The number of methoxy groups -OCH3 is 1. The topological polar surface area (TPSA) is 324 Å². The predicted octanol–water partition coefficient (Wildman–Crippen LogP) is -5.40. The largest absolute Gasteiger partial charge is 0.479 e. The second kappa shape index (κ2) is 16.4. The summed E-state index contributed by atoms with van der Waals surface area (Å²) in [6.45, 7) is -1.98. The Morgan fingerprint density at radius 1 is 0.875 bits per heavy atom. The van der Waals surface area contributed by atoms with Crippen molar-refractivity contribution in [1.29, 1.82) is 0 Å². The fourth-order valence-corrected chi connectivity index (χ4v) is 5.77. The molecular formula is C28H41NO19. The van der Waals surface area contributed by atoms with Crippen LogP contribution in [0.4, 0.5) is 5.69 Å². The molecule has 0 saturated carbocycles. The number of hydrogen-bond donors (Lipinski definition) is 12. The van der Waals surface area contributed by atoms with Gasteiger partial charge in [-0.25, -0.2) is 9.59 Å². The number of nitrogens with one attached hydrogen (secondary N) is 1. The minimum Gasteiger partial charge on any atom is -0.479 e. The van der Waals surface area contributed by atoms with Crippen LogP contribution in [0.2, 0.25) is 0 Å². The fraction of sp³-hybridized carbons (Fsp3) is 0.714. The molecule has 0 spiro atoms. The molecule has 0 bridgehead atoms. The molecule has 20 nitrogen and oxygen atoms in total. The van der Waals surface area contributed by atoms with E-state index in [1.807, 2.05) is 0 Å². The van der Waals surface area contributed by atoms with Gasteiger partial charge < -0.3 is 89.9 Å². The highest BCUT2D eigenvalue weighted by Gasteiger charge is 2.54. The van der Waals surface area contributed by atoms with Crippen LogP contribution in [-0.2, 0) is 33.2 Å². The van der Waals surface area contributed by atoms with Crippen molar-refractivity contribution >= 4 is 17.6 Å². The van der Waals surface area contributed by atoms with Gasteiger partial charge in [0.25, 0.3) is 0 Å². The first-order chi connectivity index (χ1) is 22.7. The molecule has 0 aliphatic carbocycles. The SMILES string of the molecule is CO[C@H]1[C@H](O)[C@@H](O)[C@H](O[C@@H]2[C@@H](O)[C@H](O[C@H]3OC[C@@H](O)[C@H](O)[C@H]3O)CO[C@@H]2[C@H](CO)[C@H](O)[C@@H](O)Nc2ccccc2C(=O)O)O[C@@H]1C(=O)O. The third-order valence-electron chi connectivity index (χ3n) is 8.46. The molecule has 20 heteroatoms. The van der Waals surface area contributed by atoms with Crippen molar-refractivity contribution in [2.45, 2.75) is 92.1 Å². The van der Waals surface area contributed by atoms with Crippen molar-refractivity contribution < 1.29 is 94.2 Å². The van der Waals surface area contributed by atoms with E-state index in [0.717, 1.165) is 7.11 Å². The molecule has 48 heavy (non-hydrogen) atoms. The molecule has 4 rings (SSSR count). The van der Waals surface area contributed by atoms with Gasteiger partial charge in [-0.1, -0.05) is 12.1 Å². The van der Waals surface area contributed by atoms with Crippen molar-refractivity contribution in [3.63, 3.8) is 0 Å². The van der Waals surface area contributed by atoms with E-state index >= 15 is 0 Å². The lowest BCUT2D eigenvalue weighted by atomic mass is 9.86. The Morgan fingerprint density at radius 3 is 2.17 bits per heavy atom. The van der Waals surface area contributed by atoms with Crippen molar-refractivity contribution in [3.05, 3.63) is 29.8 Å². The van der Waals surface area contributed by atoms with E-state index in [1.165, 1.54) is 24.3 Å². The number of carboxylic acid groups (broad SMARTS) is 2. The Labute approximate surface area is 272 Å². The summed E-state index contributed by atoms with van der Waals surface area (Å²) >= 11 is 0. The van der Waals surface area contributed by atoms with Crippen LogP contribution in [0.5, 0.6) is 0 Å². The van der Waals surface area contributed by atoms with Gasteiger partial charge in [0.15, 0.2) is 24.9 Å². The number of carboxylic acids is 2. The highest BCUT2D eigenvalue weighted by atomic mass is 16.7. The van der Waals surface area contributed by atoms with Crippen LogP contribution in [0.25, 0.3) is 0 Å². The zero-order valence-electron chi connectivity index (χ0n) is 25.4. The lowest BCUT2D eigenvalue weighted by Gasteiger charge is -2.48. The maximum atomic E-state index is 11.9. The number of aromatic carboxylic acids is 1. The van der Waals surface area contributed by atoms with Gasteiger partial charge in [-0.15, -0.1) is 0 Å². The molecule has 1 aromatic carbocycles. The van der Waals surface area contributed by atoms with Crippen molar-refractivity contribution in [3.8, 4) is 0 Å². The zero-order chi connectivity index (χ0) is 35.4. The quantitative estimate of drug-likeness (QED) is 0.0857. The van der Waals surface area contributed by atoms with Crippen molar-refractivity contribution in [1.82, 2.24) is 0 Å². The van der Waals surface area contributed by atoms with E-state index < -0.39 is 130 Å². The predicted molar refractivity (Wildman–Crippen MR) is 152 cm³/mol. The molecule has 3 heterocycles. The standard InChI is InChI=1S/C28H41NO19/c1-43-21-17(35)19(37)28(48-23(21)26(41)42)47-22-16(34)13(46-27-18(36)15(33)12(31)7-45-27)8-44-20(22)10(6-30)14(32)24(38)29-11-5-3-2-4-9(11)25(39)40/h2-5,10,12-24,27-38H,6-8H2,1H3,(H,39,40)(H,41,42)/t10-,12-,13-,14+,15+,16+,17-,18-,19-,20-,21+,22-,23+,24-,27-,28-/m1/s1. The van der Waals surface area contributed by atoms with Gasteiger partial charge in [0.05, 0.1) is 37.2 Å². The molecule has 0 unspecified atom stereocenters. The van der Waals surface area contributed by atoms with Crippen molar-refractivity contribution in [2.24, 2.45) is 5.92 Å². The number of aliphatic hydroxyl groups excluding tert-OH is 9. The van der Waals surface area contributed by atoms with E-state index in [4.69, 9.17) is 28.4 Å². The fourth-order valence-electron chi connectivity index (χ4n) is 5.77. The highest BCUT2D eigenvalue weighted by molar-refractivity contribution is 5.94. The molecule has 3 saturated heterocycles. The minimum absolute atomic E-state index is 0.0995. The third-order valence-corrected chi connectivity index (χ3v) is 8.46. The molecule has 3 aliphatic rings. The molecule has 0 aromatic heterocycles. The summed E-state index contributed by atoms with van der Waals surface area (Å²) in [5.41, 5.74) is -0.360. The van der Waals surface area contributed by atoms with Crippen LogP contribution >= 0.6 is 0 Å². The first-order valence-electron chi connectivity index (χ1n) is 14.8. The van der Waals surface area contributed by atoms with Gasteiger partial charge in [-0.05, 0) is 12.1 Å². The maximum Gasteiger partial charge on any atom is 0.337 e. The number of benzene rings is 1. The van der Waals surface area contributed by atoms with Crippen LogP contribution < -0.4 is 5.32 Å². The Morgan fingerprint density at radius 2 is 1.54 bits per heavy atom. The first-order valence-corrected chi connectivity index (χ1v) is 14.8. The molecule has 1 aromatic rings. The normalized spacial score (nSPS) is 39.2. The maximum absolute atomic E-state index is 11.9. The van der Waals surface area contributed by atoms with Crippen LogP contribution in [0, 0.1) is 5.92 Å². The average Bonchev–Trinajstić information content (AvgIpc) is 3.05. The van der Waals surface area contributed by atoms with E-state index in [9.17, 15) is 65.8 Å². The van der Waals surface area contributed by atoms with Crippen LogP contribution in [0.3, 0.4) is 0 Å². The van der Waals surface area contributed by atoms with Gasteiger partial charge >= 0.3 is 11.9 Å². The van der Waals surface area contributed by atoms with E-state index in [0.29, 0.717) is 0 Å². The minimum atomic E-state index is -2.01. The zero-order valence-corrected chi connectivity index (χ0v) is 25.4. The van der Waals surface area contributed by atoms with Crippen LogP contribution in [-0.4, -0.2) is 187 Å². The summed E-state index contributed by atoms with van der Waals surface area (Å²) in [5.74, 6) is -4.52. The van der Waals surface area contributed by atoms with Gasteiger partial charge in [-0.3, -0.25) is 0 Å². The Hall–Kier alpha value is -2.64. The van der Waals surface area contributed by atoms with E-state index in [2.05, 4.69) is 5.32 Å². The number of hydrogen-bond acceptors (Lipinski definition) is 18. The summed E-state index contributed by atoms with van der Waals surface area (Å²) in [6.07, 6.45) is -26.6.